The second kappa shape index (κ2) is 12.4. The van der Waals surface area contributed by atoms with Crippen molar-refractivity contribution in [2.24, 2.45) is 5.73 Å². The van der Waals surface area contributed by atoms with Crippen molar-refractivity contribution in [1.29, 1.82) is 5.26 Å². The van der Waals surface area contributed by atoms with Crippen LogP contribution < -0.4 is 11.3 Å². The lowest BCUT2D eigenvalue weighted by Gasteiger charge is -2.25. The zero-order valence-electron chi connectivity index (χ0n) is 23.0. The summed E-state index contributed by atoms with van der Waals surface area (Å²) in [6.07, 6.45) is 2.13. The van der Waals surface area contributed by atoms with Crippen LogP contribution in [-0.2, 0) is 16.3 Å². The van der Waals surface area contributed by atoms with Gasteiger partial charge in [-0.1, -0.05) is 56.7 Å². The molecule has 4 aromatic rings. The summed E-state index contributed by atoms with van der Waals surface area (Å²) in [7, 11) is -4.59. The predicted molar refractivity (Wildman–Crippen MR) is 154 cm³/mol. The Kier molecular flexibility index (Phi) is 8.87. The van der Waals surface area contributed by atoms with E-state index < -0.39 is 43.9 Å². The third kappa shape index (κ3) is 5.66. The van der Waals surface area contributed by atoms with Crippen LogP contribution in [-0.4, -0.2) is 29.0 Å². The van der Waals surface area contributed by atoms with E-state index >= 15 is 0 Å². The number of benzene rings is 3. The molecule has 0 saturated heterocycles. The molecule has 0 aliphatic rings. The summed E-state index contributed by atoms with van der Waals surface area (Å²) in [5, 5.41) is 20.9. The first-order valence-electron chi connectivity index (χ1n) is 13.3. The number of sulfone groups is 1. The third-order valence-electron chi connectivity index (χ3n) is 6.99. The molecule has 216 valence electrons. The van der Waals surface area contributed by atoms with Crippen LogP contribution in [0.5, 0.6) is 5.88 Å². The smallest absolute Gasteiger partial charge is 0.296 e. The Morgan fingerprint density at radius 1 is 1.12 bits per heavy atom. The summed E-state index contributed by atoms with van der Waals surface area (Å²) >= 11 is 0. The maximum absolute atomic E-state index is 14.3. The van der Waals surface area contributed by atoms with Gasteiger partial charge >= 0.3 is 0 Å². The fourth-order valence-corrected chi connectivity index (χ4v) is 6.30. The molecule has 4 rings (SSSR count). The highest BCUT2D eigenvalue weighted by molar-refractivity contribution is 7.91. The molecule has 0 aliphatic heterocycles. The minimum Gasteiger partial charge on any atom is -0.493 e. The number of rotatable bonds is 10. The lowest BCUT2D eigenvalue weighted by molar-refractivity contribution is 0.0997. The van der Waals surface area contributed by atoms with E-state index in [2.05, 4.69) is 11.1 Å². The molecular weight excluding hydrogens is 559 g/mol. The maximum Gasteiger partial charge on any atom is 0.296 e. The van der Waals surface area contributed by atoms with Gasteiger partial charge < -0.3 is 10.8 Å². The minimum atomic E-state index is -4.59. The summed E-state index contributed by atoms with van der Waals surface area (Å²) in [6, 6.07) is 17.3. The molecule has 0 unspecified atom stereocenters. The van der Waals surface area contributed by atoms with E-state index in [1.807, 2.05) is 13.8 Å². The standard InChI is InChI=1S/C31H29FN4O5S/c1-3-5-12-26-35-30(38)28(31(39)36(26)25(4-2)21-9-6-8-19(17-21)18-33)42(40,41)22-15-13-20(14-16-22)23-10-7-11-24(32)27(23)29(34)37/h6-11,13-17,25,39H,3-5,12H2,1-2H3,(H2,34,37)/t25-/m0/s1. The summed E-state index contributed by atoms with van der Waals surface area (Å²) in [5.41, 5.74) is 5.43. The molecule has 1 atom stereocenters. The molecule has 9 nitrogen and oxygen atoms in total. The fourth-order valence-electron chi connectivity index (χ4n) is 4.95. The van der Waals surface area contributed by atoms with E-state index in [9.17, 15) is 32.8 Å². The molecule has 1 aromatic heterocycles. The topological polar surface area (TPSA) is 156 Å². The Hall–Kier alpha value is -4.82. The minimum absolute atomic E-state index is 0.170. The van der Waals surface area contributed by atoms with E-state index in [0.29, 0.717) is 36.0 Å². The zero-order valence-corrected chi connectivity index (χ0v) is 23.9. The second-order valence-corrected chi connectivity index (χ2v) is 11.6. The van der Waals surface area contributed by atoms with Crippen LogP contribution in [0.3, 0.4) is 0 Å². The van der Waals surface area contributed by atoms with Gasteiger partial charge in [0.15, 0.2) is 4.90 Å². The van der Waals surface area contributed by atoms with Gasteiger partial charge in [-0.05, 0) is 59.9 Å². The van der Waals surface area contributed by atoms with Crippen molar-refractivity contribution in [2.45, 2.75) is 55.4 Å². The van der Waals surface area contributed by atoms with Crippen molar-refractivity contribution in [3.63, 3.8) is 0 Å². The lowest BCUT2D eigenvalue weighted by atomic mass is 9.99. The average Bonchev–Trinajstić information content (AvgIpc) is 2.97. The number of aromatic hydroxyl groups is 1. The Labute approximate surface area is 242 Å². The average molecular weight is 589 g/mol. The molecule has 3 aromatic carbocycles. The molecule has 11 heteroatoms. The summed E-state index contributed by atoms with van der Waals surface area (Å²) < 4.78 is 43.2. The van der Waals surface area contributed by atoms with Crippen molar-refractivity contribution in [3.05, 3.63) is 105 Å². The summed E-state index contributed by atoms with van der Waals surface area (Å²) in [5.74, 6) is -2.32. The van der Waals surface area contributed by atoms with Crippen LogP contribution in [0.25, 0.3) is 11.1 Å². The monoisotopic (exact) mass is 588 g/mol. The molecule has 3 N–H and O–H groups in total. The predicted octanol–water partition coefficient (Wildman–Crippen LogP) is 4.90. The van der Waals surface area contributed by atoms with Crippen molar-refractivity contribution >= 4 is 15.7 Å². The largest absolute Gasteiger partial charge is 0.493 e. The number of carbonyl (C=O) groups is 1. The Morgan fingerprint density at radius 3 is 2.43 bits per heavy atom. The Balaban J connectivity index is 1.88. The van der Waals surface area contributed by atoms with Gasteiger partial charge in [0.05, 0.1) is 28.1 Å². The van der Waals surface area contributed by atoms with Crippen molar-refractivity contribution < 1.29 is 22.7 Å². The molecule has 0 aliphatic carbocycles. The van der Waals surface area contributed by atoms with Crippen LogP contribution in [0.1, 0.15) is 66.5 Å². The Morgan fingerprint density at radius 2 is 1.81 bits per heavy atom. The molecule has 0 bridgehead atoms. The fraction of sp³-hybridized carbons (Fsp3) is 0.226. The SMILES string of the molecule is CCCCc1nc(=O)c(S(=O)(=O)c2ccc(-c3cccc(F)c3C(N)=O)cc2)c(O)n1[C@@H](CC)c1cccc(C#N)c1. The van der Waals surface area contributed by atoms with Crippen LogP contribution in [0.15, 0.2) is 81.3 Å². The van der Waals surface area contributed by atoms with Gasteiger partial charge in [-0.15, -0.1) is 0 Å². The van der Waals surface area contributed by atoms with E-state index in [4.69, 9.17) is 5.73 Å². The zero-order chi connectivity index (χ0) is 30.6. The number of hydrogen-bond donors (Lipinski definition) is 2. The molecule has 0 radical (unpaired) electrons. The van der Waals surface area contributed by atoms with Gasteiger partial charge in [-0.3, -0.25) is 14.2 Å². The van der Waals surface area contributed by atoms with E-state index in [0.717, 1.165) is 12.5 Å². The van der Waals surface area contributed by atoms with Crippen molar-refractivity contribution in [3.8, 4) is 23.1 Å². The Bertz CT molecular complexity index is 1860. The van der Waals surface area contributed by atoms with Gasteiger partial charge in [0.1, 0.15) is 11.6 Å². The van der Waals surface area contributed by atoms with E-state index in [1.54, 1.807) is 24.3 Å². The molecule has 1 amide bonds. The first kappa shape index (κ1) is 30.1. The molecular formula is C31H29FN4O5S. The lowest BCUT2D eigenvalue weighted by Crippen LogP contribution is -2.27. The first-order chi connectivity index (χ1) is 20.0. The van der Waals surface area contributed by atoms with Crippen LogP contribution in [0.2, 0.25) is 0 Å². The number of unbranched alkanes of at least 4 members (excludes halogenated alkanes) is 1. The van der Waals surface area contributed by atoms with Gasteiger partial charge in [0.2, 0.25) is 15.7 Å². The maximum atomic E-state index is 14.3. The van der Waals surface area contributed by atoms with Crippen LogP contribution in [0.4, 0.5) is 4.39 Å². The van der Waals surface area contributed by atoms with E-state index in [1.165, 1.54) is 41.0 Å². The van der Waals surface area contributed by atoms with Crippen LogP contribution in [0, 0.1) is 17.1 Å². The quantitative estimate of drug-likeness (QED) is 0.267. The van der Waals surface area contributed by atoms with Gasteiger partial charge in [0, 0.05) is 6.42 Å². The number of nitrogens with zero attached hydrogens (tertiary/aromatic N) is 3. The number of halogens is 1. The highest BCUT2D eigenvalue weighted by Crippen LogP contribution is 2.34. The normalized spacial score (nSPS) is 12.0. The molecule has 42 heavy (non-hydrogen) atoms. The second-order valence-electron chi connectivity index (χ2n) is 9.68. The highest BCUT2D eigenvalue weighted by atomic mass is 32.2. The number of aromatic nitrogens is 2. The number of nitrogens with two attached hydrogens (primary N) is 1. The van der Waals surface area contributed by atoms with Gasteiger partial charge in [-0.25, -0.2) is 12.8 Å². The van der Waals surface area contributed by atoms with Gasteiger partial charge in [-0.2, -0.15) is 10.2 Å². The molecule has 0 spiro atoms. The summed E-state index contributed by atoms with van der Waals surface area (Å²) in [6.45, 7) is 3.79. The van der Waals surface area contributed by atoms with Gasteiger partial charge in [0.25, 0.3) is 11.5 Å². The third-order valence-corrected chi connectivity index (χ3v) is 8.78. The number of aryl methyl sites for hydroxylation is 1. The molecule has 0 saturated carbocycles. The number of hydrogen-bond acceptors (Lipinski definition) is 7. The number of amides is 1. The number of carbonyl (C=O) groups excluding carboxylic acids is 1. The molecule has 0 fully saturated rings. The highest BCUT2D eigenvalue weighted by Gasteiger charge is 2.32. The van der Waals surface area contributed by atoms with Crippen LogP contribution >= 0.6 is 0 Å². The van der Waals surface area contributed by atoms with E-state index in [-0.39, 0.29) is 21.8 Å². The first-order valence-corrected chi connectivity index (χ1v) is 14.8. The number of primary amides is 1. The summed E-state index contributed by atoms with van der Waals surface area (Å²) in [4.78, 5) is 28.0. The molecule has 1 heterocycles. The van der Waals surface area contributed by atoms with Crippen molar-refractivity contribution in [2.75, 3.05) is 0 Å². The van der Waals surface area contributed by atoms with Crippen molar-refractivity contribution in [1.82, 2.24) is 9.55 Å². The number of nitriles is 1.